The second kappa shape index (κ2) is 13.8. The Morgan fingerprint density at radius 2 is 1.64 bits per heavy atom. The van der Waals surface area contributed by atoms with Crippen molar-refractivity contribution in [1.29, 1.82) is 0 Å². The van der Waals surface area contributed by atoms with Crippen LogP contribution >= 0.6 is 11.3 Å². The summed E-state index contributed by atoms with van der Waals surface area (Å²) in [6.45, 7) is 0.699. The molecule has 0 spiro atoms. The molecule has 0 saturated carbocycles. The lowest BCUT2D eigenvalue weighted by atomic mass is 9.96. The van der Waals surface area contributed by atoms with Crippen LogP contribution in [0.4, 0.5) is 0 Å². The maximum atomic E-state index is 11.5. The van der Waals surface area contributed by atoms with E-state index in [2.05, 4.69) is 19.9 Å². The van der Waals surface area contributed by atoms with E-state index in [9.17, 15) is 9.90 Å². The number of carbonyl (C=O) groups is 1. The Morgan fingerprint density at radius 3 is 2.36 bits per heavy atom. The maximum Gasteiger partial charge on any atom is 0.303 e. The van der Waals surface area contributed by atoms with Crippen molar-refractivity contribution in [1.82, 2.24) is 19.9 Å². The van der Waals surface area contributed by atoms with Crippen molar-refractivity contribution in [3.63, 3.8) is 0 Å². The molecule has 9 heteroatoms. The number of hydrogen-bond acceptors (Lipinski definition) is 7. The molecule has 44 heavy (non-hydrogen) atoms. The molecule has 0 aliphatic rings. The fourth-order valence-corrected chi connectivity index (χ4v) is 5.71. The number of H-pyrrole nitrogens is 1. The number of nitrogens with one attached hydrogen (secondary N) is 1. The lowest BCUT2D eigenvalue weighted by Crippen LogP contribution is -2.03. The number of nitrogens with zero attached hydrogens (tertiary/aromatic N) is 3. The van der Waals surface area contributed by atoms with Crippen LogP contribution in [0.15, 0.2) is 109 Å². The van der Waals surface area contributed by atoms with Crippen molar-refractivity contribution in [3.8, 4) is 33.3 Å². The number of benzene rings is 3. The predicted octanol–water partition coefficient (Wildman–Crippen LogP) is 7.36. The van der Waals surface area contributed by atoms with Crippen LogP contribution in [-0.4, -0.2) is 31.0 Å². The first-order valence-electron chi connectivity index (χ1n) is 14.2. The van der Waals surface area contributed by atoms with Gasteiger partial charge in [0.25, 0.3) is 0 Å². The van der Waals surface area contributed by atoms with E-state index < -0.39 is 5.97 Å². The zero-order valence-corrected chi connectivity index (χ0v) is 24.7. The molecule has 0 radical (unpaired) electrons. The Labute approximate surface area is 259 Å². The largest absolute Gasteiger partial charge is 0.489 e. The number of aromatic amines is 1. The lowest BCUT2D eigenvalue weighted by Gasteiger charge is -2.13. The molecular formula is C35H30N4O4S. The second-order valence-corrected chi connectivity index (χ2v) is 11.1. The minimum atomic E-state index is -0.826. The summed E-state index contributed by atoms with van der Waals surface area (Å²) in [4.78, 5) is 28.1. The summed E-state index contributed by atoms with van der Waals surface area (Å²) in [5, 5.41) is 12.2. The summed E-state index contributed by atoms with van der Waals surface area (Å²) in [5.41, 5.74) is 7.57. The van der Waals surface area contributed by atoms with Crippen molar-refractivity contribution < 1.29 is 19.4 Å². The number of thiazole rings is 1. The molecule has 6 rings (SSSR count). The summed E-state index contributed by atoms with van der Waals surface area (Å²) in [6.07, 6.45) is 7.96. The van der Waals surface area contributed by atoms with Gasteiger partial charge in [0.2, 0.25) is 0 Å². The van der Waals surface area contributed by atoms with E-state index in [-0.39, 0.29) is 13.0 Å². The average molecular weight is 603 g/mol. The molecule has 8 nitrogen and oxygen atoms in total. The fourth-order valence-electron chi connectivity index (χ4n) is 4.95. The quantitative estimate of drug-likeness (QED) is 0.142. The minimum Gasteiger partial charge on any atom is -0.489 e. The third-order valence-corrected chi connectivity index (χ3v) is 7.96. The smallest absolute Gasteiger partial charge is 0.303 e. The summed E-state index contributed by atoms with van der Waals surface area (Å²) >= 11 is 1.50. The molecule has 0 bridgehead atoms. The van der Waals surface area contributed by atoms with Gasteiger partial charge in [0.05, 0.1) is 11.9 Å². The van der Waals surface area contributed by atoms with Crippen LogP contribution in [0.25, 0.3) is 21.8 Å². The van der Waals surface area contributed by atoms with Gasteiger partial charge in [-0.05, 0) is 40.8 Å². The molecule has 220 valence electrons. The first-order valence-corrected chi connectivity index (χ1v) is 15.1. The van der Waals surface area contributed by atoms with Crippen molar-refractivity contribution >= 4 is 17.3 Å². The molecule has 3 aromatic heterocycles. The van der Waals surface area contributed by atoms with Gasteiger partial charge in [-0.3, -0.25) is 14.8 Å². The van der Waals surface area contributed by atoms with Gasteiger partial charge < -0.3 is 19.6 Å². The lowest BCUT2D eigenvalue weighted by molar-refractivity contribution is -0.136. The summed E-state index contributed by atoms with van der Waals surface area (Å²) in [5.74, 6) is 0.510. The number of carboxylic acid groups (broad SMARTS) is 1. The molecule has 0 aliphatic carbocycles. The number of aromatic nitrogens is 4. The Hall–Kier alpha value is -5.28. The van der Waals surface area contributed by atoms with E-state index in [1.54, 1.807) is 18.6 Å². The van der Waals surface area contributed by atoms with Crippen LogP contribution in [0.1, 0.15) is 34.5 Å². The molecule has 0 fully saturated rings. The van der Waals surface area contributed by atoms with E-state index in [1.165, 1.54) is 11.3 Å². The van der Waals surface area contributed by atoms with Gasteiger partial charge in [-0.15, -0.1) is 11.3 Å². The number of carboxylic acids is 1. The third-order valence-electron chi connectivity index (χ3n) is 7.04. The second-order valence-electron chi connectivity index (χ2n) is 10.2. The van der Waals surface area contributed by atoms with E-state index >= 15 is 0 Å². The van der Waals surface area contributed by atoms with Gasteiger partial charge in [0.1, 0.15) is 35.4 Å². The molecule has 0 amide bonds. The Kier molecular flexibility index (Phi) is 9.04. The molecule has 6 aromatic rings. The first-order chi connectivity index (χ1) is 21.6. The molecule has 0 unspecified atom stereocenters. The summed E-state index contributed by atoms with van der Waals surface area (Å²) in [6, 6.07) is 25.9. The molecule has 0 saturated heterocycles. The van der Waals surface area contributed by atoms with Gasteiger partial charge in [0, 0.05) is 54.1 Å². The highest BCUT2D eigenvalue weighted by atomic mass is 32.1. The Balaban J connectivity index is 1.26. The van der Waals surface area contributed by atoms with Gasteiger partial charge >= 0.3 is 5.97 Å². The molecule has 0 aliphatic heterocycles. The van der Waals surface area contributed by atoms with Gasteiger partial charge in [-0.2, -0.15) is 0 Å². The van der Waals surface area contributed by atoms with Gasteiger partial charge in [-0.25, -0.2) is 4.98 Å². The van der Waals surface area contributed by atoms with Crippen LogP contribution in [0.5, 0.6) is 11.5 Å². The number of aliphatic carboxylic acids is 1. The van der Waals surface area contributed by atoms with Crippen LogP contribution in [0.3, 0.4) is 0 Å². The average Bonchev–Trinajstić information content (AvgIpc) is 3.70. The van der Waals surface area contributed by atoms with Crippen molar-refractivity contribution in [2.45, 2.75) is 32.5 Å². The Bertz CT molecular complexity index is 1820. The molecular weight excluding hydrogens is 572 g/mol. The minimum absolute atomic E-state index is 0.0451. The maximum absolute atomic E-state index is 11.5. The number of rotatable bonds is 13. The summed E-state index contributed by atoms with van der Waals surface area (Å²) < 4.78 is 12.4. The fraction of sp³-hybridized carbons (Fsp3) is 0.143. The summed E-state index contributed by atoms with van der Waals surface area (Å²) in [7, 11) is 0. The third kappa shape index (κ3) is 7.37. The van der Waals surface area contributed by atoms with Crippen LogP contribution in [0.2, 0.25) is 0 Å². The van der Waals surface area contributed by atoms with Crippen molar-refractivity contribution in [2.75, 3.05) is 0 Å². The van der Waals surface area contributed by atoms with Crippen molar-refractivity contribution in [2.24, 2.45) is 0 Å². The predicted molar refractivity (Wildman–Crippen MR) is 170 cm³/mol. The molecule has 0 atom stereocenters. The topological polar surface area (TPSA) is 110 Å². The van der Waals surface area contributed by atoms with E-state index in [4.69, 9.17) is 9.47 Å². The van der Waals surface area contributed by atoms with E-state index in [1.807, 2.05) is 90.4 Å². The molecule has 2 N–H and O–H groups in total. The zero-order valence-electron chi connectivity index (χ0n) is 23.8. The van der Waals surface area contributed by atoms with Gasteiger partial charge in [-0.1, -0.05) is 60.7 Å². The zero-order chi connectivity index (χ0) is 30.1. The van der Waals surface area contributed by atoms with Gasteiger partial charge in [0.15, 0.2) is 0 Å². The highest BCUT2D eigenvalue weighted by Crippen LogP contribution is 2.32. The monoisotopic (exact) mass is 602 g/mol. The van der Waals surface area contributed by atoms with Crippen LogP contribution in [0, 0.1) is 0 Å². The standard InChI is InChI=1S/C35H30N4O4S/c40-34(41)12-11-30-31(26-9-5-2-6-10-26)19-38-32(30)17-25-15-28(42-21-24-7-3-1-4-8-24)18-29(16-25)43-22-27-23-44-35(39-27)33-20-36-13-14-37-33/h1-10,13-16,18-20,23,38H,11-12,17,21-22H2,(H,40,41). The van der Waals surface area contributed by atoms with E-state index in [0.29, 0.717) is 30.9 Å². The highest BCUT2D eigenvalue weighted by molar-refractivity contribution is 7.13. The number of ether oxygens (including phenoxy) is 2. The molecule has 3 heterocycles. The van der Waals surface area contributed by atoms with E-state index in [0.717, 1.165) is 49.9 Å². The number of hydrogen-bond donors (Lipinski definition) is 2. The van der Waals surface area contributed by atoms with Crippen molar-refractivity contribution in [3.05, 3.63) is 137 Å². The first kappa shape index (κ1) is 28.8. The SMILES string of the molecule is O=C(O)CCc1c(-c2ccccc2)c[nH]c1Cc1cc(OCc2ccccc2)cc(OCc2csc(-c3cnccn3)n2)c1. The normalized spacial score (nSPS) is 10.9. The van der Waals surface area contributed by atoms with Crippen LogP contribution in [-0.2, 0) is 30.8 Å². The molecule has 3 aromatic carbocycles. The Morgan fingerprint density at radius 1 is 0.886 bits per heavy atom. The highest BCUT2D eigenvalue weighted by Gasteiger charge is 2.16. The van der Waals surface area contributed by atoms with Crippen LogP contribution < -0.4 is 9.47 Å².